The van der Waals surface area contributed by atoms with Crippen molar-refractivity contribution in [3.05, 3.63) is 17.4 Å². The molecule has 5 heteroatoms. The molecule has 0 saturated heterocycles. The number of fused-ring (bicyclic) bond motifs is 1. The second kappa shape index (κ2) is 5.44. The number of hydrogen-bond donors (Lipinski definition) is 1. The van der Waals surface area contributed by atoms with Gasteiger partial charge in [-0.2, -0.15) is 4.39 Å². The van der Waals surface area contributed by atoms with Gasteiger partial charge in [-0.05, 0) is 24.9 Å². The van der Waals surface area contributed by atoms with Gasteiger partial charge in [0.05, 0.1) is 7.11 Å². The van der Waals surface area contributed by atoms with Crippen molar-refractivity contribution in [3.63, 3.8) is 0 Å². The maximum Gasteiger partial charge on any atom is 0.210 e. The standard InChI is InChI=1S/C13H18FNO3/c1-8(3-4-15)9-7-10-13(18-6-5-17-10)11(14)12(9)16-2/h7-8H,3-6,15H2,1-2H3. The third-order valence-corrected chi connectivity index (χ3v) is 3.09. The van der Waals surface area contributed by atoms with Gasteiger partial charge in [-0.1, -0.05) is 6.92 Å². The van der Waals surface area contributed by atoms with Gasteiger partial charge in [-0.3, -0.25) is 0 Å². The number of methoxy groups -OCH3 is 1. The molecule has 1 aliphatic rings. The summed E-state index contributed by atoms with van der Waals surface area (Å²) in [5, 5.41) is 0. The molecule has 0 radical (unpaired) electrons. The maximum absolute atomic E-state index is 14.3. The molecule has 4 nitrogen and oxygen atoms in total. The Balaban J connectivity index is 2.48. The van der Waals surface area contributed by atoms with Crippen molar-refractivity contribution in [1.82, 2.24) is 0 Å². The van der Waals surface area contributed by atoms with E-state index in [0.717, 1.165) is 12.0 Å². The first kappa shape index (κ1) is 13.0. The Morgan fingerprint density at radius 2 is 2.17 bits per heavy atom. The van der Waals surface area contributed by atoms with Gasteiger partial charge in [-0.25, -0.2) is 0 Å². The van der Waals surface area contributed by atoms with Crippen LogP contribution < -0.4 is 19.9 Å². The molecule has 0 amide bonds. The molecule has 1 atom stereocenters. The fourth-order valence-corrected chi connectivity index (χ4v) is 2.13. The van der Waals surface area contributed by atoms with E-state index in [2.05, 4.69) is 0 Å². The van der Waals surface area contributed by atoms with Crippen molar-refractivity contribution in [2.45, 2.75) is 19.3 Å². The smallest absolute Gasteiger partial charge is 0.210 e. The Hall–Kier alpha value is -1.49. The largest absolute Gasteiger partial charge is 0.493 e. The summed E-state index contributed by atoms with van der Waals surface area (Å²) in [4.78, 5) is 0. The lowest BCUT2D eigenvalue weighted by molar-refractivity contribution is 0.162. The topological polar surface area (TPSA) is 53.7 Å². The van der Waals surface area contributed by atoms with Crippen LogP contribution in [0, 0.1) is 5.82 Å². The van der Waals surface area contributed by atoms with E-state index in [9.17, 15) is 4.39 Å². The van der Waals surface area contributed by atoms with Gasteiger partial charge < -0.3 is 19.9 Å². The van der Waals surface area contributed by atoms with Crippen molar-refractivity contribution < 1.29 is 18.6 Å². The van der Waals surface area contributed by atoms with Crippen LogP contribution in [0.25, 0.3) is 0 Å². The summed E-state index contributed by atoms with van der Waals surface area (Å²) in [5.74, 6) is 0.421. The van der Waals surface area contributed by atoms with Gasteiger partial charge in [0.15, 0.2) is 11.5 Å². The number of hydrogen-bond acceptors (Lipinski definition) is 4. The van der Waals surface area contributed by atoms with Crippen LogP contribution in [0.3, 0.4) is 0 Å². The van der Waals surface area contributed by atoms with Crippen LogP contribution in [0.4, 0.5) is 4.39 Å². The van der Waals surface area contributed by atoms with E-state index < -0.39 is 5.82 Å². The monoisotopic (exact) mass is 255 g/mol. The van der Waals surface area contributed by atoms with E-state index in [1.807, 2.05) is 6.92 Å². The Morgan fingerprint density at radius 3 is 2.83 bits per heavy atom. The van der Waals surface area contributed by atoms with Gasteiger partial charge in [0.2, 0.25) is 11.6 Å². The summed E-state index contributed by atoms with van der Waals surface area (Å²) in [7, 11) is 1.45. The van der Waals surface area contributed by atoms with E-state index in [0.29, 0.717) is 25.5 Å². The maximum atomic E-state index is 14.3. The molecule has 1 aliphatic heterocycles. The lowest BCUT2D eigenvalue weighted by atomic mass is 9.96. The third-order valence-electron chi connectivity index (χ3n) is 3.09. The molecule has 2 N–H and O–H groups in total. The van der Waals surface area contributed by atoms with Crippen LogP contribution in [0.1, 0.15) is 24.8 Å². The van der Waals surface area contributed by atoms with Gasteiger partial charge in [-0.15, -0.1) is 0 Å². The van der Waals surface area contributed by atoms with Crippen molar-refractivity contribution in [1.29, 1.82) is 0 Å². The number of rotatable bonds is 4. The van der Waals surface area contributed by atoms with E-state index in [1.165, 1.54) is 7.11 Å². The summed E-state index contributed by atoms with van der Waals surface area (Å²) in [6, 6.07) is 1.79. The highest BCUT2D eigenvalue weighted by molar-refractivity contribution is 5.53. The molecule has 0 aliphatic carbocycles. The van der Waals surface area contributed by atoms with Crippen LogP contribution in [-0.4, -0.2) is 26.9 Å². The zero-order valence-corrected chi connectivity index (χ0v) is 10.7. The van der Waals surface area contributed by atoms with Gasteiger partial charge in [0.1, 0.15) is 13.2 Å². The van der Waals surface area contributed by atoms with Crippen molar-refractivity contribution in [2.75, 3.05) is 26.9 Å². The molecule has 0 fully saturated rings. The molecular weight excluding hydrogens is 237 g/mol. The molecule has 1 aromatic carbocycles. The molecule has 2 rings (SSSR count). The minimum atomic E-state index is -0.492. The molecule has 0 bridgehead atoms. The fourth-order valence-electron chi connectivity index (χ4n) is 2.13. The van der Waals surface area contributed by atoms with Crippen LogP contribution in [0.15, 0.2) is 6.07 Å². The molecule has 1 unspecified atom stereocenters. The summed E-state index contributed by atoms with van der Waals surface area (Å²) in [6.07, 6.45) is 0.759. The van der Waals surface area contributed by atoms with Crippen molar-refractivity contribution in [3.8, 4) is 17.2 Å². The highest BCUT2D eigenvalue weighted by atomic mass is 19.1. The van der Waals surface area contributed by atoms with Crippen LogP contribution >= 0.6 is 0 Å². The highest BCUT2D eigenvalue weighted by Crippen LogP contribution is 2.43. The summed E-state index contributed by atoms with van der Waals surface area (Å²) >= 11 is 0. The van der Waals surface area contributed by atoms with Crippen LogP contribution in [-0.2, 0) is 0 Å². The van der Waals surface area contributed by atoms with E-state index in [4.69, 9.17) is 19.9 Å². The zero-order chi connectivity index (χ0) is 13.1. The first-order valence-electron chi connectivity index (χ1n) is 6.05. The fraction of sp³-hybridized carbons (Fsp3) is 0.538. The normalized spacial score (nSPS) is 15.3. The van der Waals surface area contributed by atoms with Gasteiger partial charge >= 0.3 is 0 Å². The first-order chi connectivity index (χ1) is 8.69. The number of benzene rings is 1. The average Bonchev–Trinajstić information content (AvgIpc) is 2.39. The predicted octanol–water partition coefficient (Wildman–Crippen LogP) is 2.06. The summed E-state index contributed by atoms with van der Waals surface area (Å²) in [5.41, 5.74) is 6.31. The first-order valence-corrected chi connectivity index (χ1v) is 6.05. The molecule has 0 spiro atoms. The predicted molar refractivity (Wildman–Crippen MR) is 66.0 cm³/mol. The molecular formula is C13H18FNO3. The van der Waals surface area contributed by atoms with Gasteiger partial charge in [0.25, 0.3) is 0 Å². The number of halogens is 1. The van der Waals surface area contributed by atoms with E-state index in [-0.39, 0.29) is 17.4 Å². The molecule has 1 heterocycles. The lowest BCUT2D eigenvalue weighted by Crippen LogP contribution is -2.18. The number of ether oxygens (including phenoxy) is 3. The third kappa shape index (κ3) is 2.22. The molecule has 18 heavy (non-hydrogen) atoms. The molecule has 100 valence electrons. The number of nitrogens with two attached hydrogens (primary N) is 1. The Bertz CT molecular complexity index is 437. The van der Waals surface area contributed by atoms with Crippen LogP contribution in [0.5, 0.6) is 17.2 Å². The Morgan fingerprint density at radius 1 is 1.44 bits per heavy atom. The molecule has 0 saturated carbocycles. The molecule has 0 aromatic heterocycles. The van der Waals surface area contributed by atoms with E-state index in [1.54, 1.807) is 6.07 Å². The van der Waals surface area contributed by atoms with E-state index >= 15 is 0 Å². The zero-order valence-electron chi connectivity index (χ0n) is 10.7. The highest BCUT2D eigenvalue weighted by Gasteiger charge is 2.25. The minimum absolute atomic E-state index is 0.107. The van der Waals surface area contributed by atoms with Crippen molar-refractivity contribution >= 4 is 0 Å². The quantitative estimate of drug-likeness (QED) is 0.894. The summed E-state index contributed by atoms with van der Waals surface area (Å²) in [6.45, 7) is 3.31. The Labute approximate surface area is 106 Å². The van der Waals surface area contributed by atoms with Gasteiger partial charge in [0, 0.05) is 5.56 Å². The lowest BCUT2D eigenvalue weighted by Gasteiger charge is -2.23. The SMILES string of the molecule is COc1c(C(C)CCN)cc2c(c1F)OCCO2. The van der Waals surface area contributed by atoms with Crippen molar-refractivity contribution in [2.24, 2.45) is 5.73 Å². The summed E-state index contributed by atoms with van der Waals surface area (Å²) < 4.78 is 30.1. The molecule has 1 aromatic rings. The Kier molecular flexibility index (Phi) is 3.91. The average molecular weight is 255 g/mol. The van der Waals surface area contributed by atoms with Crippen LogP contribution in [0.2, 0.25) is 0 Å². The minimum Gasteiger partial charge on any atom is -0.493 e. The second-order valence-corrected chi connectivity index (χ2v) is 4.32. The second-order valence-electron chi connectivity index (χ2n) is 4.32.